The lowest BCUT2D eigenvalue weighted by molar-refractivity contribution is 0.0139. The first-order valence-corrected chi connectivity index (χ1v) is 10.9. The van der Waals surface area contributed by atoms with Crippen molar-refractivity contribution in [1.29, 1.82) is 0 Å². The Hall–Kier alpha value is -3.00. The average molecular weight is 438 g/mol. The average Bonchev–Trinajstić information content (AvgIpc) is 3.40. The summed E-state index contributed by atoms with van der Waals surface area (Å²) in [6, 6.07) is 17.8. The zero-order chi connectivity index (χ0) is 21.8. The minimum atomic E-state index is -1.12. The predicted molar refractivity (Wildman–Crippen MR) is 118 cm³/mol. The van der Waals surface area contributed by atoms with E-state index in [2.05, 4.69) is 29.6 Å². The molecule has 31 heavy (non-hydrogen) atoms. The van der Waals surface area contributed by atoms with Gasteiger partial charge < -0.3 is 20.3 Å². The number of aldehydes is 1. The van der Waals surface area contributed by atoms with E-state index in [9.17, 15) is 19.8 Å². The summed E-state index contributed by atoms with van der Waals surface area (Å²) < 4.78 is 5.45. The summed E-state index contributed by atoms with van der Waals surface area (Å²) in [6.45, 7) is 0.369. The van der Waals surface area contributed by atoms with Crippen LogP contribution in [0.2, 0.25) is 0 Å². The van der Waals surface area contributed by atoms with Gasteiger partial charge in [-0.05, 0) is 45.7 Å². The van der Waals surface area contributed by atoms with Crippen LogP contribution in [0, 0.1) is 0 Å². The lowest BCUT2D eigenvalue weighted by atomic mass is 9.98. The molecule has 160 valence electrons. The van der Waals surface area contributed by atoms with E-state index < -0.39 is 18.3 Å². The summed E-state index contributed by atoms with van der Waals surface area (Å²) in [5.74, 6) is -0.0174. The number of rotatable bonds is 8. The van der Waals surface area contributed by atoms with Gasteiger partial charge in [-0.3, -0.25) is 4.79 Å². The van der Waals surface area contributed by atoms with Crippen LogP contribution >= 0.6 is 11.3 Å². The topological polar surface area (TPSA) is 95.9 Å². The molecule has 1 amide bonds. The maximum Gasteiger partial charge on any atom is 0.407 e. The van der Waals surface area contributed by atoms with Crippen molar-refractivity contribution in [2.24, 2.45) is 0 Å². The molecule has 2 atom stereocenters. The molecule has 3 N–H and O–H groups in total. The third kappa shape index (κ3) is 4.54. The molecule has 2 unspecified atom stereocenters. The molecule has 2 aromatic carbocycles. The van der Waals surface area contributed by atoms with Crippen molar-refractivity contribution >= 4 is 23.7 Å². The van der Waals surface area contributed by atoms with Gasteiger partial charge in [0.05, 0.1) is 11.0 Å². The zero-order valence-corrected chi connectivity index (χ0v) is 17.5. The van der Waals surface area contributed by atoms with E-state index in [0.717, 1.165) is 22.3 Å². The number of benzene rings is 2. The van der Waals surface area contributed by atoms with E-state index in [1.54, 1.807) is 11.4 Å². The van der Waals surface area contributed by atoms with Crippen LogP contribution < -0.4 is 5.32 Å². The number of amides is 1. The van der Waals surface area contributed by atoms with E-state index in [0.29, 0.717) is 16.7 Å². The third-order valence-electron chi connectivity index (χ3n) is 5.52. The predicted octanol–water partition coefficient (Wildman–Crippen LogP) is 3.88. The Morgan fingerprint density at radius 2 is 1.74 bits per heavy atom. The fraction of sp³-hybridized carbons (Fsp3) is 0.250. The minimum absolute atomic E-state index is 0.0174. The van der Waals surface area contributed by atoms with Crippen LogP contribution in [0.4, 0.5) is 4.79 Å². The Morgan fingerprint density at radius 3 is 2.35 bits per heavy atom. The van der Waals surface area contributed by atoms with Crippen LogP contribution in [-0.2, 0) is 4.74 Å². The molecule has 1 aliphatic carbocycles. The molecule has 4 rings (SSSR count). The number of hydrogen-bond acceptors (Lipinski definition) is 6. The molecule has 0 radical (unpaired) electrons. The quantitative estimate of drug-likeness (QED) is 0.465. The molecule has 6 nitrogen and oxygen atoms in total. The van der Waals surface area contributed by atoms with Crippen LogP contribution in [0.15, 0.2) is 60.0 Å². The largest absolute Gasteiger partial charge is 0.449 e. The molecule has 0 saturated heterocycles. The summed E-state index contributed by atoms with van der Waals surface area (Å²) in [5, 5.41) is 24.6. The van der Waals surface area contributed by atoms with Gasteiger partial charge in [-0.15, -0.1) is 11.3 Å². The number of carbonyl (C=O) groups is 2. The van der Waals surface area contributed by atoms with Gasteiger partial charge in [0.1, 0.15) is 12.7 Å². The highest BCUT2D eigenvalue weighted by Gasteiger charge is 2.29. The molecule has 0 spiro atoms. The van der Waals surface area contributed by atoms with Crippen molar-refractivity contribution in [3.05, 3.63) is 81.5 Å². The summed E-state index contributed by atoms with van der Waals surface area (Å²) in [6.07, 6.45) is -1.90. The fourth-order valence-corrected chi connectivity index (χ4v) is 4.68. The van der Waals surface area contributed by atoms with Crippen LogP contribution in [0.3, 0.4) is 0 Å². The molecule has 0 saturated carbocycles. The SMILES string of the molecule is O=Cc1cc(C(O)C(O)CCNC(=O)OCC2c3ccccc3-c3ccccc32)cs1. The first-order chi connectivity index (χ1) is 15.1. The van der Waals surface area contributed by atoms with Gasteiger partial charge in [0, 0.05) is 12.5 Å². The summed E-state index contributed by atoms with van der Waals surface area (Å²) in [7, 11) is 0. The van der Waals surface area contributed by atoms with E-state index >= 15 is 0 Å². The molecular formula is C24H23NO5S. The lowest BCUT2D eigenvalue weighted by Crippen LogP contribution is -2.30. The van der Waals surface area contributed by atoms with Gasteiger partial charge in [-0.2, -0.15) is 0 Å². The normalized spacial score (nSPS) is 14.4. The molecule has 0 bridgehead atoms. The van der Waals surface area contributed by atoms with E-state index in [4.69, 9.17) is 4.74 Å². The highest BCUT2D eigenvalue weighted by molar-refractivity contribution is 7.11. The summed E-state index contributed by atoms with van der Waals surface area (Å²) >= 11 is 1.20. The Balaban J connectivity index is 1.28. The number of aliphatic hydroxyl groups excluding tert-OH is 2. The monoisotopic (exact) mass is 437 g/mol. The second-order valence-corrected chi connectivity index (χ2v) is 8.40. The lowest BCUT2D eigenvalue weighted by Gasteiger charge is -2.18. The molecule has 1 aromatic heterocycles. The van der Waals surface area contributed by atoms with Crippen molar-refractivity contribution in [3.8, 4) is 11.1 Å². The van der Waals surface area contributed by atoms with Crippen LogP contribution in [0.25, 0.3) is 11.1 Å². The highest BCUT2D eigenvalue weighted by Crippen LogP contribution is 2.44. The Kier molecular flexibility index (Phi) is 6.46. The Morgan fingerprint density at radius 1 is 1.10 bits per heavy atom. The fourth-order valence-electron chi connectivity index (χ4n) is 3.94. The number of fused-ring (bicyclic) bond motifs is 3. The highest BCUT2D eigenvalue weighted by atomic mass is 32.1. The standard InChI is InChI=1S/C24H23NO5S/c26-12-16-11-15(14-31-16)23(28)22(27)9-10-25-24(29)30-13-21-19-7-3-1-5-17(19)18-6-2-4-8-20(18)21/h1-8,11-12,14,21-23,27-28H,9-10,13H2,(H,25,29). The van der Waals surface area contributed by atoms with E-state index in [1.165, 1.54) is 11.3 Å². The third-order valence-corrected chi connectivity index (χ3v) is 6.39. The van der Waals surface area contributed by atoms with Gasteiger partial charge in [0.25, 0.3) is 0 Å². The van der Waals surface area contributed by atoms with Gasteiger partial charge in [-0.25, -0.2) is 4.79 Å². The molecule has 1 heterocycles. The molecule has 0 aliphatic heterocycles. The van der Waals surface area contributed by atoms with Crippen molar-refractivity contribution in [3.63, 3.8) is 0 Å². The Bertz CT molecular complexity index is 1030. The van der Waals surface area contributed by atoms with Crippen LogP contribution in [-0.4, -0.2) is 41.8 Å². The maximum absolute atomic E-state index is 12.2. The van der Waals surface area contributed by atoms with Crippen molar-refractivity contribution < 1.29 is 24.5 Å². The minimum Gasteiger partial charge on any atom is -0.449 e. The number of thiophene rings is 1. The summed E-state index contributed by atoms with van der Waals surface area (Å²) in [5.41, 5.74) is 5.09. The molecule has 0 fully saturated rings. The van der Waals surface area contributed by atoms with Crippen molar-refractivity contribution in [2.45, 2.75) is 24.5 Å². The number of alkyl carbamates (subject to hydrolysis) is 1. The first-order valence-electron chi connectivity index (χ1n) is 10.1. The molecule has 1 aliphatic rings. The van der Waals surface area contributed by atoms with Gasteiger partial charge >= 0.3 is 6.09 Å². The summed E-state index contributed by atoms with van der Waals surface area (Å²) in [4.78, 5) is 23.4. The number of carbonyl (C=O) groups excluding carboxylic acids is 2. The molecule has 7 heteroatoms. The number of nitrogens with one attached hydrogen (secondary N) is 1. The number of hydrogen-bond donors (Lipinski definition) is 3. The maximum atomic E-state index is 12.2. The number of ether oxygens (including phenoxy) is 1. The van der Waals surface area contributed by atoms with Gasteiger partial charge in [0.2, 0.25) is 0 Å². The second kappa shape index (κ2) is 9.43. The first kappa shape index (κ1) is 21.2. The van der Waals surface area contributed by atoms with Crippen molar-refractivity contribution in [1.82, 2.24) is 5.32 Å². The smallest absolute Gasteiger partial charge is 0.407 e. The van der Waals surface area contributed by atoms with Crippen LogP contribution in [0.5, 0.6) is 0 Å². The van der Waals surface area contributed by atoms with Crippen LogP contribution in [0.1, 0.15) is 44.8 Å². The number of aliphatic hydroxyl groups is 2. The Labute approximate surface area is 184 Å². The molecular weight excluding hydrogens is 414 g/mol. The van der Waals surface area contributed by atoms with Crippen molar-refractivity contribution in [2.75, 3.05) is 13.2 Å². The van der Waals surface area contributed by atoms with E-state index in [1.807, 2.05) is 24.3 Å². The van der Waals surface area contributed by atoms with Gasteiger partial charge in [-0.1, -0.05) is 48.5 Å². The van der Waals surface area contributed by atoms with E-state index in [-0.39, 0.29) is 25.5 Å². The molecule has 3 aromatic rings. The zero-order valence-electron chi connectivity index (χ0n) is 16.7. The second-order valence-electron chi connectivity index (χ2n) is 7.45. The van der Waals surface area contributed by atoms with Gasteiger partial charge in [0.15, 0.2) is 6.29 Å².